The van der Waals surface area contributed by atoms with E-state index in [4.69, 9.17) is 25.6 Å². The van der Waals surface area contributed by atoms with Gasteiger partial charge in [0.15, 0.2) is 0 Å². The highest BCUT2D eigenvalue weighted by molar-refractivity contribution is 6.33. The molecule has 0 spiro atoms. The van der Waals surface area contributed by atoms with E-state index in [-0.39, 0.29) is 11.8 Å². The smallest absolute Gasteiger partial charge is 0.260 e. The van der Waals surface area contributed by atoms with Gasteiger partial charge in [-0.25, -0.2) is 0 Å². The monoisotopic (exact) mass is 435 g/mol. The summed E-state index contributed by atoms with van der Waals surface area (Å²) in [6, 6.07) is 19.3. The summed E-state index contributed by atoms with van der Waals surface area (Å²) in [7, 11) is 3.05. The van der Waals surface area contributed by atoms with Crippen LogP contribution in [-0.4, -0.2) is 30.3 Å². The maximum atomic E-state index is 12.9. The molecule has 1 N–H and O–H groups in total. The zero-order valence-corrected chi connectivity index (χ0v) is 17.5. The summed E-state index contributed by atoms with van der Waals surface area (Å²) >= 11 is 6.23. The molecule has 4 rings (SSSR count). The molecule has 0 aliphatic carbocycles. The van der Waals surface area contributed by atoms with Gasteiger partial charge in [-0.3, -0.25) is 4.79 Å². The third-order valence-corrected chi connectivity index (χ3v) is 4.89. The lowest BCUT2D eigenvalue weighted by atomic mass is 10.1. The zero-order valence-electron chi connectivity index (χ0n) is 16.8. The molecule has 1 aromatic heterocycles. The summed E-state index contributed by atoms with van der Waals surface area (Å²) in [6.45, 7) is 0. The van der Waals surface area contributed by atoms with Crippen LogP contribution in [0.5, 0.6) is 11.5 Å². The number of benzene rings is 3. The predicted octanol–water partition coefficient (Wildman–Crippen LogP) is 5.33. The number of hydrogen-bond acceptors (Lipinski definition) is 6. The number of carbonyl (C=O) groups excluding carboxylic acids is 1. The topological polar surface area (TPSA) is 86.5 Å². The lowest BCUT2D eigenvalue weighted by Gasteiger charge is -2.11. The van der Waals surface area contributed by atoms with Crippen molar-refractivity contribution in [2.75, 3.05) is 19.5 Å². The lowest BCUT2D eigenvalue weighted by Crippen LogP contribution is -2.13. The Balaban J connectivity index is 1.65. The van der Waals surface area contributed by atoms with Gasteiger partial charge in [0, 0.05) is 17.2 Å². The van der Waals surface area contributed by atoms with Crippen molar-refractivity contribution in [1.29, 1.82) is 0 Å². The number of nitrogens with zero attached hydrogens (tertiary/aromatic N) is 2. The molecule has 0 bridgehead atoms. The first kappa shape index (κ1) is 20.4. The van der Waals surface area contributed by atoms with E-state index in [1.54, 1.807) is 48.5 Å². The number of amides is 1. The van der Waals surface area contributed by atoms with Gasteiger partial charge >= 0.3 is 0 Å². The molecular formula is C23H18ClN3O4. The molecule has 3 aromatic carbocycles. The van der Waals surface area contributed by atoms with E-state index < -0.39 is 0 Å². The second-order valence-corrected chi connectivity index (χ2v) is 6.91. The van der Waals surface area contributed by atoms with Crippen LogP contribution in [-0.2, 0) is 0 Å². The van der Waals surface area contributed by atoms with Crippen molar-refractivity contribution in [3.8, 4) is 34.3 Å². The van der Waals surface area contributed by atoms with Crippen LogP contribution in [0.15, 0.2) is 71.3 Å². The minimum absolute atomic E-state index is 0.258. The van der Waals surface area contributed by atoms with E-state index in [0.717, 1.165) is 0 Å². The van der Waals surface area contributed by atoms with Crippen LogP contribution in [0.1, 0.15) is 10.4 Å². The number of rotatable bonds is 6. The molecule has 31 heavy (non-hydrogen) atoms. The fourth-order valence-electron chi connectivity index (χ4n) is 3.00. The summed E-state index contributed by atoms with van der Waals surface area (Å²) in [4.78, 5) is 17.4. The molecule has 0 unspecified atom stereocenters. The number of anilines is 1. The van der Waals surface area contributed by atoms with Gasteiger partial charge in [0.05, 0.1) is 30.5 Å². The SMILES string of the molecule is COc1cc(OC)cc(C(=O)Nc2ccccc2-c2nc(-c3ccccc3Cl)no2)c1. The van der Waals surface area contributed by atoms with Crippen molar-refractivity contribution >= 4 is 23.2 Å². The largest absolute Gasteiger partial charge is 0.497 e. The molecule has 0 aliphatic rings. The highest BCUT2D eigenvalue weighted by Crippen LogP contribution is 2.31. The number of methoxy groups -OCH3 is 2. The Morgan fingerprint density at radius 2 is 1.58 bits per heavy atom. The van der Waals surface area contributed by atoms with Crippen LogP contribution >= 0.6 is 11.6 Å². The highest BCUT2D eigenvalue weighted by atomic mass is 35.5. The maximum absolute atomic E-state index is 12.9. The molecule has 0 radical (unpaired) electrons. The molecule has 1 heterocycles. The van der Waals surface area contributed by atoms with Gasteiger partial charge in [-0.1, -0.05) is 41.0 Å². The average Bonchev–Trinajstić information content (AvgIpc) is 3.29. The Kier molecular flexibility index (Phi) is 5.86. The minimum Gasteiger partial charge on any atom is -0.497 e. The molecule has 0 fully saturated rings. The summed E-state index contributed by atoms with van der Waals surface area (Å²) < 4.78 is 15.9. The Bertz CT molecular complexity index is 1220. The van der Waals surface area contributed by atoms with Gasteiger partial charge in [-0.15, -0.1) is 0 Å². The van der Waals surface area contributed by atoms with Gasteiger partial charge in [-0.05, 0) is 36.4 Å². The number of halogens is 1. The molecule has 7 nitrogen and oxygen atoms in total. The standard InChI is InChI=1S/C23H18ClN3O4/c1-29-15-11-14(12-16(13-15)30-2)22(28)25-20-10-6-4-8-18(20)23-26-21(27-31-23)17-7-3-5-9-19(17)24/h3-13H,1-2H3,(H,25,28). The van der Waals surface area contributed by atoms with Gasteiger partial charge in [0.2, 0.25) is 5.82 Å². The Labute approximate surface area is 183 Å². The van der Waals surface area contributed by atoms with Crippen molar-refractivity contribution in [2.45, 2.75) is 0 Å². The number of nitrogens with one attached hydrogen (secondary N) is 1. The van der Waals surface area contributed by atoms with E-state index in [1.807, 2.05) is 18.2 Å². The number of carbonyl (C=O) groups is 1. The van der Waals surface area contributed by atoms with Crippen molar-refractivity contribution in [2.24, 2.45) is 0 Å². The Morgan fingerprint density at radius 3 is 2.26 bits per heavy atom. The van der Waals surface area contributed by atoms with Crippen LogP contribution in [0.4, 0.5) is 5.69 Å². The molecule has 8 heteroatoms. The molecule has 0 saturated heterocycles. The van der Waals surface area contributed by atoms with Crippen LogP contribution < -0.4 is 14.8 Å². The average molecular weight is 436 g/mol. The zero-order chi connectivity index (χ0) is 21.8. The number of para-hydroxylation sites is 1. The summed E-state index contributed by atoms with van der Waals surface area (Å²) in [6.07, 6.45) is 0. The first-order valence-corrected chi connectivity index (χ1v) is 9.69. The Hall–Kier alpha value is -3.84. The van der Waals surface area contributed by atoms with Gasteiger partial charge in [-0.2, -0.15) is 4.98 Å². The Morgan fingerprint density at radius 1 is 0.935 bits per heavy atom. The quantitative estimate of drug-likeness (QED) is 0.440. The van der Waals surface area contributed by atoms with Crippen molar-refractivity contribution in [1.82, 2.24) is 10.1 Å². The van der Waals surface area contributed by atoms with Crippen molar-refractivity contribution in [3.63, 3.8) is 0 Å². The molecule has 0 aliphatic heterocycles. The number of ether oxygens (including phenoxy) is 2. The van der Waals surface area contributed by atoms with Crippen LogP contribution in [0, 0.1) is 0 Å². The predicted molar refractivity (Wildman–Crippen MR) is 118 cm³/mol. The molecular weight excluding hydrogens is 418 g/mol. The van der Waals surface area contributed by atoms with Gasteiger partial charge < -0.3 is 19.3 Å². The third kappa shape index (κ3) is 4.36. The van der Waals surface area contributed by atoms with Gasteiger partial charge in [0.1, 0.15) is 11.5 Å². The van der Waals surface area contributed by atoms with E-state index in [9.17, 15) is 4.79 Å². The van der Waals surface area contributed by atoms with Crippen LogP contribution in [0.25, 0.3) is 22.8 Å². The second-order valence-electron chi connectivity index (χ2n) is 6.50. The van der Waals surface area contributed by atoms with E-state index in [1.165, 1.54) is 14.2 Å². The second kappa shape index (κ2) is 8.89. The molecule has 0 atom stereocenters. The first-order chi connectivity index (χ1) is 15.1. The van der Waals surface area contributed by atoms with Crippen molar-refractivity contribution in [3.05, 3.63) is 77.3 Å². The van der Waals surface area contributed by atoms with Crippen LogP contribution in [0.2, 0.25) is 5.02 Å². The van der Waals surface area contributed by atoms with Crippen molar-refractivity contribution < 1.29 is 18.8 Å². The van der Waals surface area contributed by atoms with Crippen LogP contribution in [0.3, 0.4) is 0 Å². The lowest BCUT2D eigenvalue weighted by molar-refractivity contribution is 0.102. The number of aromatic nitrogens is 2. The molecule has 1 amide bonds. The van der Waals surface area contributed by atoms with E-state index >= 15 is 0 Å². The normalized spacial score (nSPS) is 10.5. The third-order valence-electron chi connectivity index (χ3n) is 4.56. The summed E-state index contributed by atoms with van der Waals surface area (Å²) in [5.74, 6) is 1.31. The molecule has 4 aromatic rings. The first-order valence-electron chi connectivity index (χ1n) is 9.31. The highest BCUT2D eigenvalue weighted by Gasteiger charge is 2.18. The molecule has 0 saturated carbocycles. The maximum Gasteiger partial charge on any atom is 0.260 e. The summed E-state index contributed by atoms with van der Waals surface area (Å²) in [5, 5.41) is 7.43. The fourth-order valence-corrected chi connectivity index (χ4v) is 3.22. The van der Waals surface area contributed by atoms with E-state index in [0.29, 0.717) is 44.7 Å². The molecule has 156 valence electrons. The number of hydrogen-bond donors (Lipinski definition) is 1. The van der Waals surface area contributed by atoms with Gasteiger partial charge in [0.25, 0.3) is 11.8 Å². The van der Waals surface area contributed by atoms with E-state index in [2.05, 4.69) is 15.5 Å². The summed E-state index contributed by atoms with van der Waals surface area (Å²) in [5.41, 5.74) is 2.14. The fraction of sp³-hybridized carbons (Fsp3) is 0.0870. The minimum atomic E-state index is -0.338.